The molecule has 3 aromatic rings. The third-order valence-corrected chi connectivity index (χ3v) is 7.03. The largest absolute Gasteiger partial charge is 0.384 e. The molecule has 1 spiro atoms. The van der Waals surface area contributed by atoms with E-state index in [0.717, 1.165) is 55.8 Å². The van der Waals surface area contributed by atoms with Gasteiger partial charge in [-0.3, -0.25) is 4.79 Å². The van der Waals surface area contributed by atoms with Gasteiger partial charge in [-0.2, -0.15) is 0 Å². The van der Waals surface area contributed by atoms with Crippen LogP contribution < -0.4 is 15.5 Å². The molecule has 3 aliphatic heterocycles. The van der Waals surface area contributed by atoms with Gasteiger partial charge in [-0.05, 0) is 30.9 Å². The highest BCUT2D eigenvalue weighted by molar-refractivity contribution is 5.96. The molecule has 0 aliphatic carbocycles. The summed E-state index contributed by atoms with van der Waals surface area (Å²) in [6, 6.07) is 18.6. The van der Waals surface area contributed by atoms with E-state index in [0.29, 0.717) is 18.1 Å². The molecule has 0 bridgehead atoms. The molecule has 0 unspecified atom stereocenters. The second kappa shape index (κ2) is 7.08. The summed E-state index contributed by atoms with van der Waals surface area (Å²) >= 11 is 0. The lowest BCUT2D eigenvalue weighted by atomic mass is 9.74. The Morgan fingerprint density at radius 2 is 1.68 bits per heavy atom. The molecule has 0 atom stereocenters. The molecule has 0 saturated carbocycles. The molecule has 1 aromatic heterocycles. The average Bonchev–Trinajstić information content (AvgIpc) is 3.18. The number of hydrogen-bond donors (Lipinski definition) is 2. The first-order chi connectivity index (χ1) is 15.2. The maximum absolute atomic E-state index is 12.6. The molecule has 6 heteroatoms. The number of para-hydroxylation sites is 1. The van der Waals surface area contributed by atoms with E-state index in [4.69, 9.17) is 4.98 Å². The Hall–Kier alpha value is -3.41. The number of piperidine rings is 1. The van der Waals surface area contributed by atoms with Crippen molar-refractivity contribution in [3.8, 4) is 11.4 Å². The van der Waals surface area contributed by atoms with Crippen LogP contribution in [0.3, 0.4) is 0 Å². The van der Waals surface area contributed by atoms with Crippen LogP contribution in [0.1, 0.15) is 34.5 Å². The zero-order chi connectivity index (χ0) is 20.8. The lowest BCUT2D eigenvalue weighted by Gasteiger charge is -2.41. The summed E-state index contributed by atoms with van der Waals surface area (Å²) in [6.45, 7) is 3.49. The molecule has 1 amide bonds. The maximum Gasteiger partial charge on any atom is 0.270 e. The number of amides is 1. The van der Waals surface area contributed by atoms with Gasteiger partial charge >= 0.3 is 0 Å². The Balaban J connectivity index is 1.36. The third kappa shape index (κ3) is 2.97. The molecule has 31 heavy (non-hydrogen) atoms. The van der Waals surface area contributed by atoms with E-state index in [1.807, 2.05) is 30.3 Å². The molecule has 0 radical (unpaired) electrons. The Labute approximate surface area is 181 Å². The second-order valence-electron chi connectivity index (χ2n) is 8.74. The smallest absolute Gasteiger partial charge is 0.270 e. The van der Waals surface area contributed by atoms with Crippen molar-refractivity contribution in [1.82, 2.24) is 15.3 Å². The molecule has 156 valence electrons. The minimum absolute atomic E-state index is 0.0931. The number of fused-ring (bicyclic) bond motifs is 3. The fourth-order valence-electron chi connectivity index (χ4n) is 5.30. The molecule has 1 fully saturated rings. The SMILES string of the molecule is O=C1NCCc2c1nc(-c1ccccc1)nc2N1CCC2(CC1)CNc1ccccc12. The predicted molar refractivity (Wildman–Crippen MR) is 122 cm³/mol. The number of nitrogens with one attached hydrogen (secondary N) is 2. The summed E-state index contributed by atoms with van der Waals surface area (Å²) in [7, 11) is 0. The number of carbonyl (C=O) groups excluding carboxylic acids is 1. The van der Waals surface area contributed by atoms with Gasteiger partial charge in [0, 0.05) is 48.4 Å². The zero-order valence-electron chi connectivity index (χ0n) is 17.4. The Kier molecular flexibility index (Phi) is 4.19. The van der Waals surface area contributed by atoms with Gasteiger partial charge in [0.1, 0.15) is 11.5 Å². The third-order valence-electron chi connectivity index (χ3n) is 7.03. The predicted octanol–water partition coefficient (Wildman–Crippen LogP) is 3.39. The van der Waals surface area contributed by atoms with Gasteiger partial charge in [0.2, 0.25) is 0 Å². The fourth-order valence-corrected chi connectivity index (χ4v) is 5.30. The monoisotopic (exact) mass is 411 g/mol. The maximum atomic E-state index is 12.6. The minimum atomic E-state index is -0.0931. The van der Waals surface area contributed by atoms with Crippen molar-refractivity contribution >= 4 is 17.4 Å². The van der Waals surface area contributed by atoms with Crippen LogP contribution in [0.2, 0.25) is 0 Å². The van der Waals surface area contributed by atoms with Gasteiger partial charge < -0.3 is 15.5 Å². The fraction of sp³-hybridized carbons (Fsp3) is 0.320. The highest BCUT2D eigenvalue weighted by Crippen LogP contribution is 2.44. The van der Waals surface area contributed by atoms with Crippen molar-refractivity contribution in [3.05, 3.63) is 71.4 Å². The van der Waals surface area contributed by atoms with Crippen LogP contribution in [0.4, 0.5) is 11.5 Å². The molecular formula is C25H25N5O. The van der Waals surface area contributed by atoms with Crippen LogP contribution in [-0.4, -0.2) is 42.1 Å². The molecular weight excluding hydrogens is 386 g/mol. The van der Waals surface area contributed by atoms with Crippen LogP contribution in [0.15, 0.2) is 54.6 Å². The Morgan fingerprint density at radius 3 is 2.52 bits per heavy atom. The highest BCUT2D eigenvalue weighted by atomic mass is 16.1. The normalized spacial score (nSPS) is 18.8. The summed E-state index contributed by atoms with van der Waals surface area (Å²) in [4.78, 5) is 24.6. The molecule has 3 aliphatic rings. The van der Waals surface area contributed by atoms with Crippen LogP contribution in [0, 0.1) is 0 Å². The van der Waals surface area contributed by atoms with Crippen LogP contribution in [-0.2, 0) is 11.8 Å². The van der Waals surface area contributed by atoms with E-state index in [-0.39, 0.29) is 11.3 Å². The Bertz CT molecular complexity index is 1150. The van der Waals surface area contributed by atoms with Crippen molar-refractivity contribution in [2.45, 2.75) is 24.7 Å². The quantitative estimate of drug-likeness (QED) is 0.677. The van der Waals surface area contributed by atoms with Gasteiger partial charge in [0.15, 0.2) is 5.82 Å². The van der Waals surface area contributed by atoms with Crippen molar-refractivity contribution in [2.24, 2.45) is 0 Å². The molecule has 4 heterocycles. The lowest BCUT2D eigenvalue weighted by Crippen LogP contribution is -2.45. The number of aromatic nitrogens is 2. The first kappa shape index (κ1) is 18.4. The molecule has 6 nitrogen and oxygen atoms in total. The summed E-state index contributed by atoms with van der Waals surface area (Å²) in [5, 5.41) is 6.55. The number of carbonyl (C=O) groups is 1. The first-order valence-corrected chi connectivity index (χ1v) is 11.1. The molecule has 2 aromatic carbocycles. The van der Waals surface area contributed by atoms with E-state index < -0.39 is 0 Å². The molecule has 2 N–H and O–H groups in total. The number of nitrogens with zero attached hydrogens (tertiary/aromatic N) is 3. The van der Waals surface area contributed by atoms with Crippen molar-refractivity contribution < 1.29 is 4.79 Å². The van der Waals surface area contributed by atoms with Gasteiger partial charge in [0.25, 0.3) is 5.91 Å². The lowest BCUT2D eigenvalue weighted by molar-refractivity contribution is 0.0940. The number of hydrogen-bond acceptors (Lipinski definition) is 5. The van der Waals surface area contributed by atoms with Crippen LogP contribution in [0.5, 0.6) is 0 Å². The summed E-state index contributed by atoms with van der Waals surface area (Å²) in [5.74, 6) is 1.47. The van der Waals surface area contributed by atoms with E-state index >= 15 is 0 Å². The standard InChI is InChI=1S/C25H25N5O/c31-24-21-18(10-13-26-24)23(29-22(28-21)17-6-2-1-3-7-17)30-14-11-25(12-15-30)16-27-20-9-5-4-8-19(20)25/h1-9,27H,10-16H2,(H,26,31). The number of anilines is 2. The first-order valence-electron chi connectivity index (χ1n) is 11.1. The second-order valence-corrected chi connectivity index (χ2v) is 8.74. The van der Waals surface area contributed by atoms with Crippen LogP contribution >= 0.6 is 0 Å². The highest BCUT2D eigenvalue weighted by Gasteiger charge is 2.42. The summed E-state index contributed by atoms with van der Waals surface area (Å²) in [6.07, 6.45) is 2.92. The van der Waals surface area contributed by atoms with E-state index in [9.17, 15) is 4.79 Å². The summed E-state index contributed by atoms with van der Waals surface area (Å²) in [5.41, 5.74) is 5.38. The van der Waals surface area contributed by atoms with Gasteiger partial charge in [-0.1, -0.05) is 48.5 Å². The molecule has 1 saturated heterocycles. The van der Waals surface area contributed by atoms with Gasteiger partial charge in [-0.25, -0.2) is 9.97 Å². The van der Waals surface area contributed by atoms with Crippen molar-refractivity contribution in [1.29, 1.82) is 0 Å². The topological polar surface area (TPSA) is 70.2 Å². The number of benzene rings is 2. The van der Waals surface area contributed by atoms with Crippen LogP contribution in [0.25, 0.3) is 11.4 Å². The minimum Gasteiger partial charge on any atom is -0.384 e. The van der Waals surface area contributed by atoms with Gasteiger partial charge in [-0.15, -0.1) is 0 Å². The van der Waals surface area contributed by atoms with Crippen molar-refractivity contribution in [2.75, 3.05) is 36.4 Å². The van der Waals surface area contributed by atoms with E-state index in [2.05, 4.69) is 44.8 Å². The average molecular weight is 412 g/mol. The van der Waals surface area contributed by atoms with Gasteiger partial charge in [0.05, 0.1) is 0 Å². The van der Waals surface area contributed by atoms with E-state index in [1.54, 1.807) is 0 Å². The van der Waals surface area contributed by atoms with E-state index in [1.165, 1.54) is 11.3 Å². The number of rotatable bonds is 2. The zero-order valence-corrected chi connectivity index (χ0v) is 17.4. The Morgan fingerprint density at radius 1 is 0.903 bits per heavy atom. The molecule has 6 rings (SSSR count). The summed E-state index contributed by atoms with van der Waals surface area (Å²) < 4.78 is 0. The van der Waals surface area contributed by atoms with Crippen molar-refractivity contribution in [3.63, 3.8) is 0 Å².